The lowest BCUT2D eigenvalue weighted by Crippen LogP contribution is -2.50. The fourth-order valence-electron chi connectivity index (χ4n) is 4.47. The fourth-order valence-corrected chi connectivity index (χ4v) is 4.47. The zero-order chi connectivity index (χ0) is 31.5. The molecule has 0 aliphatic carbocycles. The summed E-state index contributed by atoms with van der Waals surface area (Å²) in [6.07, 6.45) is -1.55. The second-order valence-electron chi connectivity index (χ2n) is 10.7. The quantitative estimate of drug-likeness (QED) is 0.0753. The molecule has 0 saturated heterocycles. The number of aliphatic imine (C=N–C) groups is 1. The smallest absolute Gasteiger partial charge is 0.306 e. The topological polar surface area (TPSA) is 174 Å². The Kier molecular flexibility index (Phi) is 11.9. The molecule has 0 spiro atoms. The van der Waals surface area contributed by atoms with Gasteiger partial charge in [0.15, 0.2) is 17.9 Å². The Labute approximate surface area is 250 Å². The number of esters is 1. The maximum absolute atomic E-state index is 14.1. The van der Waals surface area contributed by atoms with Crippen LogP contribution in [-0.4, -0.2) is 74.3 Å². The first kappa shape index (κ1) is 33.3. The largest absolute Gasteiger partial charge is 0.494 e. The summed E-state index contributed by atoms with van der Waals surface area (Å²) in [5, 5.41) is 15.7. The first-order valence-electron chi connectivity index (χ1n) is 13.9. The second kappa shape index (κ2) is 15.4. The van der Waals surface area contributed by atoms with Gasteiger partial charge in [-0.05, 0) is 57.0 Å². The van der Waals surface area contributed by atoms with E-state index in [4.69, 9.17) is 33.8 Å². The summed E-state index contributed by atoms with van der Waals surface area (Å²) in [4.78, 5) is 34.8. The Morgan fingerprint density at radius 2 is 1.86 bits per heavy atom. The van der Waals surface area contributed by atoms with Gasteiger partial charge in [-0.1, -0.05) is 29.4 Å². The highest BCUT2D eigenvalue weighted by Crippen LogP contribution is 2.46. The summed E-state index contributed by atoms with van der Waals surface area (Å²) in [5.74, 6) is -0.325. The molecule has 13 nitrogen and oxygen atoms in total. The molecule has 3 rings (SSSR count). The van der Waals surface area contributed by atoms with E-state index in [0.717, 1.165) is 0 Å². The molecule has 13 heteroatoms. The predicted octanol–water partition coefficient (Wildman–Crippen LogP) is 4.50. The summed E-state index contributed by atoms with van der Waals surface area (Å²) >= 11 is 0. The van der Waals surface area contributed by atoms with Gasteiger partial charge in [-0.15, -0.1) is 0 Å². The van der Waals surface area contributed by atoms with Crippen molar-refractivity contribution < 1.29 is 38.4 Å². The number of azide groups is 1. The summed E-state index contributed by atoms with van der Waals surface area (Å²) in [7, 11) is 2.90. The SMILES string of the molecule is COC(CNC(=O)[C@]1(CCC(=O)OC(C)(C)C)N=C(c2ccc(OCCCO)cc2)O[C@@H]1c1ccccc1N=[N+]=[N-])OC. The van der Waals surface area contributed by atoms with E-state index >= 15 is 0 Å². The third-order valence-corrected chi connectivity index (χ3v) is 6.49. The van der Waals surface area contributed by atoms with Crippen LogP contribution in [0.4, 0.5) is 5.69 Å². The van der Waals surface area contributed by atoms with E-state index < -0.39 is 35.4 Å². The molecule has 1 heterocycles. The molecule has 0 radical (unpaired) electrons. The number of hydrogen-bond donors (Lipinski definition) is 2. The van der Waals surface area contributed by atoms with Gasteiger partial charge < -0.3 is 34.1 Å². The van der Waals surface area contributed by atoms with Crippen LogP contribution in [0.5, 0.6) is 5.75 Å². The molecule has 1 aliphatic heterocycles. The van der Waals surface area contributed by atoms with Crippen LogP contribution in [0.2, 0.25) is 0 Å². The Morgan fingerprint density at radius 3 is 2.49 bits per heavy atom. The molecular formula is C30H39N5O8. The van der Waals surface area contributed by atoms with Gasteiger partial charge in [0.2, 0.25) is 5.90 Å². The molecule has 43 heavy (non-hydrogen) atoms. The Bertz CT molecular complexity index is 1320. The van der Waals surface area contributed by atoms with Gasteiger partial charge in [0.05, 0.1) is 13.2 Å². The van der Waals surface area contributed by atoms with Crippen LogP contribution < -0.4 is 10.1 Å². The normalized spacial score (nSPS) is 17.9. The number of nitrogens with one attached hydrogen (secondary N) is 1. The number of aliphatic hydroxyl groups is 1. The Hall–Kier alpha value is -4.16. The molecule has 0 unspecified atom stereocenters. The summed E-state index contributed by atoms with van der Waals surface area (Å²) in [5.41, 5.74) is 8.06. The maximum Gasteiger partial charge on any atom is 0.306 e. The van der Waals surface area contributed by atoms with Crippen LogP contribution in [0.3, 0.4) is 0 Å². The van der Waals surface area contributed by atoms with Crippen molar-refractivity contribution in [2.75, 3.05) is 34.0 Å². The first-order valence-corrected chi connectivity index (χ1v) is 13.9. The van der Waals surface area contributed by atoms with Crippen LogP contribution in [-0.2, 0) is 28.5 Å². The van der Waals surface area contributed by atoms with Gasteiger partial charge in [0, 0.05) is 55.4 Å². The average molecular weight is 598 g/mol. The van der Waals surface area contributed by atoms with Crippen molar-refractivity contribution in [1.29, 1.82) is 0 Å². The molecule has 0 bridgehead atoms. The summed E-state index contributed by atoms with van der Waals surface area (Å²) in [6.45, 7) is 5.64. The number of hydrogen-bond acceptors (Lipinski definition) is 10. The number of carbonyl (C=O) groups excluding carboxylic acids is 2. The second-order valence-corrected chi connectivity index (χ2v) is 10.7. The molecule has 0 fully saturated rings. The van der Waals surface area contributed by atoms with Gasteiger partial charge in [0.1, 0.15) is 11.4 Å². The lowest BCUT2D eigenvalue weighted by atomic mass is 9.82. The van der Waals surface area contributed by atoms with E-state index in [-0.39, 0.29) is 37.6 Å². The molecule has 2 aromatic rings. The number of nitrogens with zero attached hydrogens (tertiary/aromatic N) is 4. The molecule has 1 amide bonds. The first-order chi connectivity index (χ1) is 20.6. The number of rotatable bonds is 15. The standard InChI is InChI=1S/C30H39N5O8/c1-29(2,3)43-24(37)15-16-30(28(38)32-19-25(39-4)40-5)26(22-9-6-7-10-23(22)34-35-31)42-27(33-30)20-11-13-21(14-12-20)41-18-8-17-36/h6-7,9-14,25-26,36H,8,15-19H2,1-5H3,(H,32,38)/t26-,30-/m1/s1. The van der Waals surface area contributed by atoms with Crippen molar-refractivity contribution in [3.8, 4) is 5.75 Å². The van der Waals surface area contributed by atoms with Gasteiger partial charge in [0.25, 0.3) is 5.91 Å². The molecule has 0 aromatic heterocycles. The van der Waals surface area contributed by atoms with Gasteiger partial charge in [-0.25, -0.2) is 4.99 Å². The lowest BCUT2D eigenvalue weighted by molar-refractivity contribution is -0.155. The molecule has 232 valence electrons. The maximum atomic E-state index is 14.1. The summed E-state index contributed by atoms with van der Waals surface area (Å²) in [6, 6.07) is 13.6. The predicted molar refractivity (Wildman–Crippen MR) is 158 cm³/mol. The Balaban J connectivity index is 2.10. The zero-order valence-corrected chi connectivity index (χ0v) is 25.1. The van der Waals surface area contributed by atoms with Crippen molar-refractivity contribution in [3.63, 3.8) is 0 Å². The molecule has 0 saturated carbocycles. The van der Waals surface area contributed by atoms with Crippen molar-refractivity contribution in [1.82, 2.24) is 5.32 Å². The van der Waals surface area contributed by atoms with E-state index in [0.29, 0.717) is 29.9 Å². The Morgan fingerprint density at radius 1 is 1.16 bits per heavy atom. The minimum Gasteiger partial charge on any atom is -0.494 e. The van der Waals surface area contributed by atoms with Crippen molar-refractivity contribution in [3.05, 3.63) is 70.1 Å². The minimum atomic E-state index is -1.67. The van der Waals surface area contributed by atoms with Crippen LogP contribution in [0.1, 0.15) is 57.3 Å². The third kappa shape index (κ3) is 8.91. The highest BCUT2D eigenvalue weighted by atomic mass is 16.7. The van der Waals surface area contributed by atoms with Crippen molar-refractivity contribution >= 4 is 23.5 Å². The molecule has 2 N–H and O–H groups in total. The highest BCUT2D eigenvalue weighted by Gasteiger charge is 2.54. The van der Waals surface area contributed by atoms with Crippen LogP contribution in [0, 0.1) is 0 Å². The van der Waals surface area contributed by atoms with E-state index in [1.54, 1.807) is 69.3 Å². The number of carbonyl (C=O) groups is 2. The number of ether oxygens (including phenoxy) is 5. The van der Waals surface area contributed by atoms with Gasteiger partial charge in [-0.3, -0.25) is 9.59 Å². The zero-order valence-electron chi connectivity index (χ0n) is 25.1. The van der Waals surface area contributed by atoms with Gasteiger partial charge >= 0.3 is 5.97 Å². The molecular weight excluding hydrogens is 558 g/mol. The third-order valence-electron chi connectivity index (χ3n) is 6.49. The van der Waals surface area contributed by atoms with E-state index in [2.05, 4.69) is 15.3 Å². The molecule has 1 aliphatic rings. The number of amides is 1. The molecule has 2 atom stereocenters. The van der Waals surface area contributed by atoms with E-state index in [1.807, 2.05) is 0 Å². The minimum absolute atomic E-state index is 0.00450. The lowest BCUT2D eigenvalue weighted by Gasteiger charge is -2.32. The number of methoxy groups -OCH3 is 2. The van der Waals surface area contributed by atoms with Crippen molar-refractivity contribution in [2.45, 2.75) is 63.6 Å². The monoisotopic (exact) mass is 597 g/mol. The number of benzene rings is 2. The van der Waals surface area contributed by atoms with E-state index in [9.17, 15) is 15.1 Å². The summed E-state index contributed by atoms with van der Waals surface area (Å²) < 4.78 is 28.0. The van der Waals surface area contributed by atoms with E-state index in [1.165, 1.54) is 14.2 Å². The molecule has 2 aromatic carbocycles. The van der Waals surface area contributed by atoms with Crippen LogP contribution >= 0.6 is 0 Å². The van der Waals surface area contributed by atoms with Gasteiger partial charge in [-0.2, -0.15) is 0 Å². The fraction of sp³-hybridized carbons (Fsp3) is 0.500. The van der Waals surface area contributed by atoms with Crippen LogP contribution in [0.25, 0.3) is 10.4 Å². The van der Waals surface area contributed by atoms with Crippen molar-refractivity contribution in [2.24, 2.45) is 10.1 Å². The average Bonchev–Trinajstić information content (AvgIpc) is 3.37. The van der Waals surface area contributed by atoms with Crippen LogP contribution in [0.15, 0.2) is 58.6 Å². The highest BCUT2D eigenvalue weighted by molar-refractivity contribution is 6.01. The number of aliphatic hydroxyl groups excluding tert-OH is 1.